The van der Waals surface area contributed by atoms with Gasteiger partial charge in [-0.15, -0.1) is 0 Å². The van der Waals surface area contributed by atoms with Crippen molar-refractivity contribution in [2.24, 2.45) is 0 Å². The lowest BCUT2D eigenvalue weighted by atomic mass is 9.98. The molecule has 80 valence electrons. The van der Waals surface area contributed by atoms with Gasteiger partial charge in [-0.1, -0.05) is 20.3 Å². The Morgan fingerprint density at radius 1 is 1.40 bits per heavy atom. The van der Waals surface area contributed by atoms with E-state index < -0.39 is 0 Å². The third-order valence-electron chi connectivity index (χ3n) is 2.83. The molecule has 0 saturated carbocycles. The lowest BCUT2D eigenvalue weighted by Gasteiger charge is -2.09. The second-order valence-electron chi connectivity index (χ2n) is 3.90. The maximum Gasteiger partial charge on any atom is 0.155 e. The van der Waals surface area contributed by atoms with Crippen molar-refractivity contribution in [3.8, 4) is 0 Å². The van der Waals surface area contributed by atoms with E-state index in [4.69, 9.17) is 0 Å². The summed E-state index contributed by atoms with van der Waals surface area (Å²) < 4.78 is 2.04. The van der Waals surface area contributed by atoms with Crippen LogP contribution in [0.15, 0.2) is 24.8 Å². The average molecular weight is 203 g/mol. The summed E-state index contributed by atoms with van der Waals surface area (Å²) in [7, 11) is 0. The Bertz CT molecular complexity index is 400. The summed E-state index contributed by atoms with van der Waals surface area (Å²) in [6, 6.07) is 0. The molecule has 0 aliphatic heterocycles. The third kappa shape index (κ3) is 2.01. The average Bonchev–Trinajstić information content (AvgIpc) is 2.69. The van der Waals surface area contributed by atoms with Gasteiger partial charge in [0.2, 0.25) is 0 Å². The molecule has 0 aliphatic rings. The van der Waals surface area contributed by atoms with Crippen molar-refractivity contribution in [3.05, 3.63) is 30.5 Å². The summed E-state index contributed by atoms with van der Waals surface area (Å²) in [6.07, 6.45) is 11.3. The highest BCUT2D eigenvalue weighted by molar-refractivity contribution is 5.37. The molecule has 0 N–H and O–H groups in total. The molecule has 2 aromatic heterocycles. The molecule has 0 fully saturated rings. The maximum atomic E-state index is 4.60. The molecule has 0 spiro atoms. The minimum Gasteiger partial charge on any atom is -0.304 e. The minimum atomic E-state index is 0.592. The van der Waals surface area contributed by atoms with Gasteiger partial charge < -0.3 is 4.40 Å². The van der Waals surface area contributed by atoms with Crippen LogP contribution in [0.4, 0.5) is 0 Å². The Hall–Kier alpha value is -1.38. The molecule has 15 heavy (non-hydrogen) atoms. The SMILES string of the molecule is CCCC(CC)c1cn2ccncc2n1. The molecule has 1 atom stereocenters. The second kappa shape index (κ2) is 4.43. The van der Waals surface area contributed by atoms with Crippen molar-refractivity contribution in [1.82, 2.24) is 14.4 Å². The highest BCUT2D eigenvalue weighted by atomic mass is 15.0. The normalized spacial score (nSPS) is 13.2. The smallest absolute Gasteiger partial charge is 0.155 e. The predicted octanol–water partition coefficient (Wildman–Crippen LogP) is 3.02. The Morgan fingerprint density at radius 2 is 2.27 bits per heavy atom. The van der Waals surface area contributed by atoms with Gasteiger partial charge in [0.15, 0.2) is 5.65 Å². The molecule has 2 heterocycles. The molecule has 1 unspecified atom stereocenters. The first-order chi connectivity index (χ1) is 7.35. The Morgan fingerprint density at radius 3 is 2.93 bits per heavy atom. The second-order valence-corrected chi connectivity index (χ2v) is 3.90. The summed E-state index contributed by atoms with van der Waals surface area (Å²) in [5.41, 5.74) is 2.15. The van der Waals surface area contributed by atoms with E-state index in [1.54, 1.807) is 6.20 Å². The van der Waals surface area contributed by atoms with Crippen molar-refractivity contribution < 1.29 is 0 Å². The number of hydrogen-bond acceptors (Lipinski definition) is 2. The first kappa shape index (κ1) is 10.1. The maximum absolute atomic E-state index is 4.60. The first-order valence-electron chi connectivity index (χ1n) is 5.63. The van der Waals surface area contributed by atoms with Crippen molar-refractivity contribution in [2.75, 3.05) is 0 Å². The van der Waals surface area contributed by atoms with Crippen molar-refractivity contribution in [1.29, 1.82) is 0 Å². The molecular formula is C12H17N3. The van der Waals surface area contributed by atoms with E-state index in [1.165, 1.54) is 18.5 Å². The van der Waals surface area contributed by atoms with Crippen LogP contribution < -0.4 is 0 Å². The Balaban J connectivity index is 2.34. The van der Waals surface area contributed by atoms with Gasteiger partial charge in [0.25, 0.3) is 0 Å². The summed E-state index contributed by atoms with van der Waals surface area (Å²) >= 11 is 0. The zero-order chi connectivity index (χ0) is 10.7. The van der Waals surface area contributed by atoms with Crippen molar-refractivity contribution in [3.63, 3.8) is 0 Å². The van der Waals surface area contributed by atoms with Crippen LogP contribution in [-0.4, -0.2) is 14.4 Å². The standard InChI is InChI=1S/C12H17N3/c1-3-5-10(4-2)11-9-15-7-6-13-8-12(15)14-11/h6-10H,3-5H2,1-2H3. The zero-order valence-electron chi connectivity index (χ0n) is 9.35. The zero-order valence-corrected chi connectivity index (χ0v) is 9.35. The van der Waals surface area contributed by atoms with Crippen LogP contribution >= 0.6 is 0 Å². The molecule has 0 radical (unpaired) electrons. The van der Waals surface area contributed by atoms with Gasteiger partial charge >= 0.3 is 0 Å². The first-order valence-corrected chi connectivity index (χ1v) is 5.63. The quantitative estimate of drug-likeness (QED) is 0.764. The largest absolute Gasteiger partial charge is 0.304 e. The molecule has 2 aromatic rings. The molecule has 3 nitrogen and oxygen atoms in total. The van der Waals surface area contributed by atoms with Crippen LogP contribution in [0.3, 0.4) is 0 Å². The molecule has 0 amide bonds. The van der Waals surface area contributed by atoms with Crippen LogP contribution in [0, 0.1) is 0 Å². The topological polar surface area (TPSA) is 30.2 Å². The van der Waals surface area contributed by atoms with E-state index in [2.05, 4.69) is 30.0 Å². The van der Waals surface area contributed by atoms with E-state index >= 15 is 0 Å². The Labute approximate surface area is 90.2 Å². The number of aromatic nitrogens is 3. The summed E-state index contributed by atoms with van der Waals surface area (Å²) in [4.78, 5) is 8.68. The van der Waals surface area contributed by atoms with Gasteiger partial charge in [-0.3, -0.25) is 4.98 Å². The molecule has 2 rings (SSSR count). The summed E-state index contributed by atoms with van der Waals surface area (Å²) in [5.74, 6) is 0.592. The van der Waals surface area contributed by atoms with Gasteiger partial charge in [0, 0.05) is 24.5 Å². The van der Waals surface area contributed by atoms with Crippen LogP contribution in [0.2, 0.25) is 0 Å². The lowest BCUT2D eigenvalue weighted by molar-refractivity contribution is 0.584. The van der Waals surface area contributed by atoms with Crippen LogP contribution in [0.5, 0.6) is 0 Å². The molecule has 0 saturated heterocycles. The number of fused-ring (bicyclic) bond motifs is 1. The molecule has 0 aromatic carbocycles. The van der Waals surface area contributed by atoms with E-state index in [-0.39, 0.29) is 0 Å². The van der Waals surface area contributed by atoms with Gasteiger partial charge in [0.05, 0.1) is 11.9 Å². The van der Waals surface area contributed by atoms with Crippen LogP contribution in [0.25, 0.3) is 5.65 Å². The van der Waals surface area contributed by atoms with Gasteiger partial charge in [-0.2, -0.15) is 0 Å². The number of rotatable bonds is 4. The molecule has 0 aliphatic carbocycles. The predicted molar refractivity (Wildman–Crippen MR) is 60.9 cm³/mol. The van der Waals surface area contributed by atoms with Gasteiger partial charge in [0.1, 0.15) is 0 Å². The Kier molecular flexibility index (Phi) is 2.99. The third-order valence-corrected chi connectivity index (χ3v) is 2.83. The fourth-order valence-corrected chi connectivity index (χ4v) is 1.97. The van der Waals surface area contributed by atoms with E-state index in [9.17, 15) is 0 Å². The fraction of sp³-hybridized carbons (Fsp3) is 0.500. The summed E-state index contributed by atoms with van der Waals surface area (Å²) in [6.45, 7) is 4.45. The molecule has 3 heteroatoms. The minimum absolute atomic E-state index is 0.592. The highest BCUT2D eigenvalue weighted by Gasteiger charge is 2.11. The number of hydrogen-bond donors (Lipinski definition) is 0. The van der Waals surface area contributed by atoms with Crippen LogP contribution in [-0.2, 0) is 0 Å². The van der Waals surface area contributed by atoms with E-state index in [0.29, 0.717) is 5.92 Å². The van der Waals surface area contributed by atoms with Gasteiger partial charge in [-0.05, 0) is 12.8 Å². The number of nitrogens with zero attached hydrogens (tertiary/aromatic N) is 3. The van der Waals surface area contributed by atoms with Gasteiger partial charge in [-0.25, -0.2) is 4.98 Å². The van der Waals surface area contributed by atoms with Crippen molar-refractivity contribution >= 4 is 5.65 Å². The van der Waals surface area contributed by atoms with Crippen molar-refractivity contribution in [2.45, 2.75) is 39.0 Å². The monoisotopic (exact) mass is 203 g/mol. The highest BCUT2D eigenvalue weighted by Crippen LogP contribution is 2.23. The van der Waals surface area contributed by atoms with E-state index in [1.807, 2.05) is 16.8 Å². The summed E-state index contributed by atoms with van der Waals surface area (Å²) in [5, 5.41) is 0. The van der Waals surface area contributed by atoms with E-state index in [0.717, 1.165) is 12.1 Å². The number of imidazole rings is 1. The lowest BCUT2D eigenvalue weighted by Crippen LogP contribution is -1.96. The van der Waals surface area contributed by atoms with Crippen LogP contribution in [0.1, 0.15) is 44.7 Å². The molecule has 0 bridgehead atoms. The molecular weight excluding hydrogens is 186 g/mol. The fourth-order valence-electron chi connectivity index (χ4n) is 1.97.